The van der Waals surface area contributed by atoms with E-state index in [4.69, 9.17) is 0 Å². The number of rotatable bonds is 1. The van der Waals surface area contributed by atoms with Gasteiger partial charge in [-0.25, -0.2) is 4.99 Å². The fourth-order valence-corrected chi connectivity index (χ4v) is 2.71. The Hall–Kier alpha value is -1.94. The summed E-state index contributed by atoms with van der Waals surface area (Å²) in [5.74, 6) is 0. The molecule has 84 valence electrons. The van der Waals surface area contributed by atoms with Crippen molar-refractivity contribution in [3.05, 3.63) is 67.9 Å². The van der Waals surface area contributed by atoms with Gasteiger partial charge in [0.1, 0.15) is 0 Å². The summed E-state index contributed by atoms with van der Waals surface area (Å²) >= 11 is 1.43. The summed E-state index contributed by atoms with van der Waals surface area (Å²) in [7, 11) is 0. The number of benzene rings is 1. The molecule has 0 radical (unpaired) electrons. The Morgan fingerprint density at radius 2 is 2.12 bits per heavy atom. The van der Waals surface area contributed by atoms with E-state index < -0.39 is 0 Å². The summed E-state index contributed by atoms with van der Waals surface area (Å²) in [5, 5.41) is 0. The van der Waals surface area contributed by atoms with Gasteiger partial charge in [0, 0.05) is 12.7 Å². The fourth-order valence-electron chi connectivity index (χ4n) is 1.73. The molecule has 0 N–H and O–H groups in total. The van der Waals surface area contributed by atoms with Gasteiger partial charge in [-0.2, -0.15) is 0 Å². The molecule has 0 spiro atoms. The molecule has 0 saturated carbocycles. The van der Waals surface area contributed by atoms with Crippen LogP contribution in [0.3, 0.4) is 0 Å². The molecule has 1 aromatic carbocycles. The first-order chi connectivity index (χ1) is 8.34. The Kier molecular flexibility index (Phi) is 2.49. The van der Waals surface area contributed by atoms with E-state index in [9.17, 15) is 4.79 Å². The number of hydrogen-bond acceptors (Lipinski definition) is 3. The number of thiazole rings is 1. The van der Waals surface area contributed by atoms with Crippen molar-refractivity contribution in [2.75, 3.05) is 0 Å². The lowest BCUT2D eigenvalue weighted by Crippen LogP contribution is -2.31. The van der Waals surface area contributed by atoms with E-state index in [1.807, 2.05) is 42.5 Å². The van der Waals surface area contributed by atoms with Crippen molar-refractivity contribution in [2.24, 2.45) is 4.99 Å². The molecule has 0 amide bonds. The topological polar surface area (TPSA) is 34.4 Å². The second-order valence-corrected chi connectivity index (χ2v) is 4.74. The number of allylic oxidation sites excluding steroid dienone is 1. The second kappa shape index (κ2) is 4.14. The monoisotopic (exact) mass is 242 g/mol. The zero-order chi connectivity index (χ0) is 11.7. The molecule has 2 aromatic rings. The van der Waals surface area contributed by atoms with Crippen molar-refractivity contribution in [2.45, 2.75) is 6.54 Å². The molecule has 0 saturated heterocycles. The van der Waals surface area contributed by atoms with Crippen LogP contribution in [0.15, 0.2) is 52.4 Å². The Balaban J connectivity index is 2.22. The zero-order valence-corrected chi connectivity index (χ0v) is 9.85. The molecule has 17 heavy (non-hydrogen) atoms. The molecule has 0 unspecified atom stereocenters. The molecule has 4 heteroatoms. The maximum Gasteiger partial charge on any atom is 0.270 e. The van der Waals surface area contributed by atoms with Crippen LogP contribution in [0.1, 0.15) is 5.56 Å². The third-order valence-electron chi connectivity index (χ3n) is 2.56. The van der Waals surface area contributed by atoms with Gasteiger partial charge in [-0.1, -0.05) is 41.7 Å². The molecule has 1 aliphatic rings. The van der Waals surface area contributed by atoms with Gasteiger partial charge in [0.2, 0.25) is 0 Å². The van der Waals surface area contributed by atoms with Crippen molar-refractivity contribution in [3.63, 3.8) is 0 Å². The summed E-state index contributed by atoms with van der Waals surface area (Å²) in [5.41, 5.74) is 1.08. The number of hydrogen-bond donors (Lipinski definition) is 0. The molecule has 2 heterocycles. The van der Waals surface area contributed by atoms with Crippen LogP contribution in [0.25, 0.3) is 6.08 Å². The van der Waals surface area contributed by atoms with Crippen molar-refractivity contribution in [1.29, 1.82) is 0 Å². The molecule has 3 nitrogen and oxygen atoms in total. The zero-order valence-electron chi connectivity index (χ0n) is 9.04. The standard InChI is InChI=1S/C13H10N2OS/c16-12-11(9-10-5-2-1-3-6-10)17-13-14-7-4-8-15(12)13/h1-7,9H,8H2. The number of aromatic nitrogens is 1. The van der Waals surface area contributed by atoms with Gasteiger partial charge in [-0.15, -0.1) is 0 Å². The van der Waals surface area contributed by atoms with Gasteiger partial charge >= 0.3 is 0 Å². The van der Waals surface area contributed by atoms with E-state index in [2.05, 4.69) is 4.99 Å². The Labute approximate surface area is 102 Å². The van der Waals surface area contributed by atoms with Crippen LogP contribution in [-0.4, -0.2) is 4.57 Å². The van der Waals surface area contributed by atoms with Crippen LogP contribution >= 0.6 is 11.3 Å². The maximum atomic E-state index is 12.1. The summed E-state index contributed by atoms with van der Waals surface area (Å²) < 4.78 is 2.43. The number of nitrogens with zero attached hydrogens (tertiary/aromatic N) is 2. The Morgan fingerprint density at radius 1 is 1.29 bits per heavy atom. The number of fused-ring (bicyclic) bond motifs is 1. The minimum atomic E-state index is 0.0435. The van der Waals surface area contributed by atoms with E-state index in [1.165, 1.54) is 11.3 Å². The van der Waals surface area contributed by atoms with Crippen LogP contribution < -0.4 is 14.9 Å². The lowest BCUT2D eigenvalue weighted by molar-refractivity contribution is 0.740. The van der Waals surface area contributed by atoms with Crippen LogP contribution in [0.5, 0.6) is 0 Å². The predicted molar refractivity (Wildman–Crippen MR) is 68.5 cm³/mol. The third-order valence-corrected chi connectivity index (χ3v) is 3.58. The van der Waals surface area contributed by atoms with E-state index in [0.29, 0.717) is 6.54 Å². The molecule has 0 aliphatic carbocycles. The highest BCUT2D eigenvalue weighted by Crippen LogP contribution is 1.98. The lowest BCUT2D eigenvalue weighted by Gasteiger charge is -1.97. The highest BCUT2D eigenvalue weighted by atomic mass is 32.1. The summed E-state index contributed by atoms with van der Waals surface area (Å²) in [6, 6.07) is 9.85. The third kappa shape index (κ3) is 1.87. The van der Waals surface area contributed by atoms with E-state index in [1.54, 1.807) is 10.8 Å². The van der Waals surface area contributed by atoms with E-state index in [0.717, 1.165) is 14.9 Å². The highest BCUT2D eigenvalue weighted by molar-refractivity contribution is 7.07. The summed E-state index contributed by atoms with van der Waals surface area (Å²) in [4.78, 5) is 17.0. The van der Waals surface area contributed by atoms with E-state index in [-0.39, 0.29) is 5.56 Å². The van der Waals surface area contributed by atoms with Crippen LogP contribution in [0.2, 0.25) is 0 Å². The Morgan fingerprint density at radius 3 is 2.88 bits per heavy atom. The van der Waals surface area contributed by atoms with Gasteiger partial charge in [-0.05, 0) is 17.7 Å². The molecule has 0 atom stereocenters. The first kappa shape index (κ1) is 10.2. The first-order valence-electron chi connectivity index (χ1n) is 5.34. The largest absolute Gasteiger partial charge is 0.279 e. The molecule has 0 bridgehead atoms. The van der Waals surface area contributed by atoms with Crippen molar-refractivity contribution in [1.82, 2.24) is 4.57 Å². The van der Waals surface area contributed by atoms with E-state index >= 15 is 0 Å². The fraction of sp³-hybridized carbons (Fsp3) is 0.0769. The second-order valence-electron chi connectivity index (χ2n) is 3.73. The van der Waals surface area contributed by atoms with Crippen LogP contribution in [0, 0.1) is 0 Å². The van der Waals surface area contributed by atoms with Gasteiger partial charge in [0.15, 0.2) is 4.80 Å². The summed E-state index contributed by atoms with van der Waals surface area (Å²) in [6.45, 7) is 0.622. The molecular formula is C13H10N2OS. The SMILES string of the molecule is O=c1c(=Cc2ccccc2)sc2n1CC=CN=2. The molecule has 3 rings (SSSR count). The summed E-state index contributed by atoms with van der Waals surface area (Å²) in [6.07, 6.45) is 5.54. The van der Waals surface area contributed by atoms with Crippen molar-refractivity contribution in [3.8, 4) is 0 Å². The lowest BCUT2D eigenvalue weighted by atomic mass is 10.2. The predicted octanol–water partition coefficient (Wildman–Crippen LogP) is 0.885. The van der Waals surface area contributed by atoms with Gasteiger partial charge in [0.25, 0.3) is 5.56 Å². The van der Waals surface area contributed by atoms with Crippen LogP contribution in [0.4, 0.5) is 0 Å². The molecular weight excluding hydrogens is 232 g/mol. The minimum absolute atomic E-state index is 0.0435. The average molecular weight is 242 g/mol. The van der Waals surface area contributed by atoms with Gasteiger partial charge < -0.3 is 0 Å². The molecule has 1 aromatic heterocycles. The molecule has 0 fully saturated rings. The van der Waals surface area contributed by atoms with Gasteiger partial charge in [-0.3, -0.25) is 9.36 Å². The van der Waals surface area contributed by atoms with Crippen LogP contribution in [-0.2, 0) is 6.54 Å². The smallest absolute Gasteiger partial charge is 0.270 e. The van der Waals surface area contributed by atoms with Gasteiger partial charge in [0.05, 0.1) is 4.53 Å². The molecule has 1 aliphatic heterocycles. The normalized spacial score (nSPS) is 14.5. The Bertz CT molecular complexity index is 738. The van der Waals surface area contributed by atoms with Crippen molar-refractivity contribution >= 4 is 17.4 Å². The highest BCUT2D eigenvalue weighted by Gasteiger charge is 2.05. The quantitative estimate of drug-likeness (QED) is 0.731. The first-order valence-corrected chi connectivity index (χ1v) is 6.15. The van der Waals surface area contributed by atoms with Crippen molar-refractivity contribution < 1.29 is 0 Å². The minimum Gasteiger partial charge on any atom is -0.279 e. The average Bonchev–Trinajstić information content (AvgIpc) is 2.68. The maximum absolute atomic E-state index is 12.1.